The van der Waals surface area contributed by atoms with Gasteiger partial charge >= 0.3 is 0 Å². The number of rotatable bonds is 5. The monoisotopic (exact) mass is 274 g/mol. The van der Waals surface area contributed by atoms with E-state index in [1.807, 2.05) is 12.1 Å². The van der Waals surface area contributed by atoms with E-state index in [9.17, 15) is 4.79 Å². The van der Waals surface area contributed by atoms with Crippen LogP contribution in [0.3, 0.4) is 0 Å². The number of hydrogen-bond acceptors (Lipinski definition) is 4. The third-order valence-electron chi connectivity index (χ3n) is 3.18. The Balaban J connectivity index is 1.94. The molecule has 0 saturated heterocycles. The van der Waals surface area contributed by atoms with Crippen LogP contribution in [0.2, 0.25) is 0 Å². The predicted octanol–water partition coefficient (Wildman–Crippen LogP) is 1.82. The number of fused-ring (bicyclic) bond motifs is 1. The summed E-state index contributed by atoms with van der Waals surface area (Å²) in [5, 5.41) is 12.0. The predicted molar refractivity (Wildman–Crippen MR) is 80.7 cm³/mol. The van der Waals surface area contributed by atoms with Crippen LogP contribution in [0.4, 0.5) is 0 Å². The van der Waals surface area contributed by atoms with Gasteiger partial charge in [0.25, 0.3) is 5.56 Å². The second-order valence-electron chi connectivity index (χ2n) is 6.20. The lowest BCUT2D eigenvalue weighted by molar-refractivity contribution is 0.363. The van der Waals surface area contributed by atoms with E-state index >= 15 is 0 Å². The molecule has 1 aromatic carbocycles. The van der Waals surface area contributed by atoms with E-state index in [0.29, 0.717) is 22.9 Å². The van der Waals surface area contributed by atoms with Gasteiger partial charge in [-0.25, -0.2) is 4.68 Å². The Morgan fingerprint density at radius 1 is 1.20 bits per heavy atom. The number of aromatic nitrogens is 3. The van der Waals surface area contributed by atoms with E-state index < -0.39 is 0 Å². The highest BCUT2D eigenvalue weighted by atomic mass is 16.1. The molecule has 5 heteroatoms. The summed E-state index contributed by atoms with van der Waals surface area (Å²) >= 11 is 0. The Morgan fingerprint density at radius 3 is 2.70 bits per heavy atom. The molecule has 2 aromatic rings. The molecule has 20 heavy (non-hydrogen) atoms. The van der Waals surface area contributed by atoms with Crippen LogP contribution >= 0.6 is 0 Å². The zero-order valence-corrected chi connectivity index (χ0v) is 12.4. The summed E-state index contributed by atoms with van der Waals surface area (Å²) in [5.41, 5.74) is 0.898. The summed E-state index contributed by atoms with van der Waals surface area (Å²) in [6.45, 7) is 8.86. The normalized spacial score (nSPS) is 11.9. The Morgan fingerprint density at radius 2 is 1.95 bits per heavy atom. The number of nitrogens with zero attached hydrogens (tertiary/aromatic N) is 3. The minimum absolute atomic E-state index is 0.0757. The maximum absolute atomic E-state index is 12.2. The van der Waals surface area contributed by atoms with Gasteiger partial charge in [0.15, 0.2) is 0 Å². The highest BCUT2D eigenvalue weighted by molar-refractivity contribution is 5.76. The summed E-state index contributed by atoms with van der Waals surface area (Å²) in [7, 11) is 0. The first-order chi connectivity index (χ1) is 9.47. The van der Waals surface area contributed by atoms with Crippen molar-refractivity contribution in [1.29, 1.82) is 0 Å². The van der Waals surface area contributed by atoms with Crippen LogP contribution in [-0.4, -0.2) is 28.1 Å². The quantitative estimate of drug-likeness (QED) is 0.845. The summed E-state index contributed by atoms with van der Waals surface area (Å²) in [5.74, 6) is 0. The molecule has 0 fully saturated rings. The van der Waals surface area contributed by atoms with Gasteiger partial charge in [0.1, 0.15) is 5.52 Å². The van der Waals surface area contributed by atoms with Crippen molar-refractivity contribution < 1.29 is 0 Å². The average molecular weight is 274 g/mol. The Bertz CT molecular complexity index is 628. The van der Waals surface area contributed by atoms with Crippen molar-refractivity contribution in [2.24, 2.45) is 5.41 Å². The van der Waals surface area contributed by atoms with Gasteiger partial charge in [0, 0.05) is 6.54 Å². The number of benzene rings is 1. The molecule has 108 valence electrons. The molecular weight excluding hydrogens is 252 g/mol. The van der Waals surface area contributed by atoms with E-state index in [0.717, 1.165) is 19.5 Å². The fraction of sp³-hybridized carbons (Fsp3) is 0.533. The van der Waals surface area contributed by atoms with E-state index in [2.05, 4.69) is 36.4 Å². The first kappa shape index (κ1) is 14.7. The average Bonchev–Trinajstić information content (AvgIpc) is 2.40. The second-order valence-corrected chi connectivity index (χ2v) is 6.20. The van der Waals surface area contributed by atoms with Gasteiger partial charge in [-0.15, -0.1) is 5.10 Å². The summed E-state index contributed by atoms with van der Waals surface area (Å²) < 4.78 is 1.42. The van der Waals surface area contributed by atoms with Gasteiger partial charge in [0.05, 0.1) is 11.9 Å². The lowest BCUT2D eigenvalue weighted by Crippen LogP contribution is -2.31. The van der Waals surface area contributed by atoms with Crippen molar-refractivity contribution in [1.82, 2.24) is 20.3 Å². The van der Waals surface area contributed by atoms with Crippen molar-refractivity contribution in [3.8, 4) is 0 Å². The van der Waals surface area contributed by atoms with Gasteiger partial charge in [-0.2, -0.15) is 0 Å². The number of hydrogen-bond donors (Lipinski definition) is 1. The fourth-order valence-corrected chi connectivity index (χ4v) is 1.94. The minimum atomic E-state index is -0.0757. The van der Waals surface area contributed by atoms with Crippen molar-refractivity contribution >= 4 is 10.9 Å². The maximum Gasteiger partial charge on any atom is 0.277 e. The standard InChI is InChI=1S/C15H22N4O/c1-15(2,3)8-9-16-10-11-19-14(20)12-6-4-5-7-13(12)17-18-19/h4-7,16H,8-11H2,1-3H3. The van der Waals surface area contributed by atoms with Crippen molar-refractivity contribution in [2.45, 2.75) is 33.7 Å². The molecule has 0 aliphatic rings. The smallest absolute Gasteiger partial charge is 0.277 e. The first-order valence-electron chi connectivity index (χ1n) is 7.01. The Kier molecular flexibility index (Phi) is 4.49. The summed E-state index contributed by atoms with van der Waals surface area (Å²) in [6.07, 6.45) is 1.10. The van der Waals surface area contributed by atoms with Crippen LogP contribution < -0.4 is 10.9 Å². The van der Waals surface area contributed by atoms with Crippen molar-refractivity contribution in [3.63, 3.8) is 0 Å². The molecule has 0 atom stereocenters. The van der Waals surface area contributed by atoms with Crippen LogP contribution in [-0.2, 0) is 6.54 Å². The van der Waals surface area contributed by atoms with Crippen molar-refractivity contribution in [3.05, 3.63) is 34.6 Å². The molecule has 0 radical (unpaired) electrons. The highest BCUT2D eigenvalue weighted by Gasteiger charge is 2.09. The molecule has 0 bridgehead atoms. The SMILES string of the molecule is CC(C)(C)CCNCCn1nnc2ccccc2c1=O. The van der Waals surface area contributed by atoms with Gasteiger partial charge in [-0.1, -0.05) is 38.1 Å². The second kappa shape index (κ2) is 6.13. The first-order valence-corrected chi connectivity index (χ1v) is 7.01. The van der Waals surface area contributed by atoms with E-state index in [-0.39, 0.29) is 5.56 Å². The summed E-state index contributed by atoms with van der Waals surface area (Å²) in [4.78, 5) is 12.2. The molecule has 0 saturated carbocycles. The van der Waals surface area contributed by atoms with Crippen LogP contribution in [0.15, 0.2) is 29.1 Å². The molecule has 0 aliphatic heterocycles. The molecular formula is C15H22N4O. The molecule has 5 nitrogen and oxygen atoms in total. The maximum atomic E-state index is 12.2. The van der Waals surface area contributed by atoms with E-state index in [1.54, 1.807) is 12.1 Å². The van der Waals surface area contributed by atoms with Crippen LogP contribution in [0.1, 0.15) is 27.2 Å². The molecule has 1 heterocycles. The van der Waals surface area contributed by atoms with Crippen LogP contribution in [0.5, 0.6) is 0 Å². The Hall–Kier alpha value is -1.75. The lowest BCUT2D eigenvalue weighted by atomic mass is 9.92. The molecule has 0 aliphatic carbocycles. The zero-order chi connectivity index (χ0) is 14.6. The number of nitrogens with one attached hydrogen (secondary N) is 1. The third kappa shape index (κ3) is 3.87. The van der Waals surface area contributed by atoms with Gasteiger partial charge < -0.3 is 5.32 Å². The van der Waals surface area contributed by atoms with E-state index in [1.165, 1.54) is 4.68 Å². The third-order valence-corrected chi connectivity index (χ3v) is 3.18. The molecule has 0 amide bonds. The highest BCUT2D eigenvalue weighted by Crippen LogP contribution is 2.16. The molecule has 1 N–H and O–H groups in total. The van der Waals surface area contributed by atoms with Gasteiger partial charge in [0.2, 0.25) is 0 Å². The zero-order valence-electron chi connectivity index (χ0n) is 12.4. The largest absolute Gasteiger partial charge is 0.315 e. The Labute approximate surface area is 119 Å². The van der Waals surface area contributed by atoms with Gasteiger partial charge in [-0.3, -0.25) is 4.79 Å². The minimum Gasteiger partial charge on any atom is -0.315 e. The van der Waals surface area contributed by atoms with Crippen molar-refractivity contribution in [2.75, 3.05) is 13.1 Å². The fourth-order valence-electron chi connectivity index (χ4n) is 1.94. The lowest BCUT2D eigenvalue weighted by Gasteiger charge is -2.18. The van der Waals surface area contributed by atoms with Crippen LogP contribution in [0.25, 0.3) is 10.9 Å². The molecule has 0 unspecified atom stereocenters. The van der Waals surface area contributed by atoms with E-state index in [4.69, 9.17) is 0 Å². The molecule has 0 spiro atoms. The molecule has 2 rings (SSSR count). The van der Waals surface area contributed by atoms with Gasteiger partial charge in [-0.05, 0) is 30.5 Å². The summed E-state index contributed by atoms with van der Waals surface area (Å²) in [6, 6.07) is 7.29. The topological polar surface area (TPSA) is 59.8 Å². The molecule has 1 aromatic heterocycles. The van der Waals surface area contributed by atoms with Crippen LogP contribution in [0, 0.1) is 5.41 Å².